The molecule has 3 aromatic rings. The molecule has 140 valence electrons. The summed E-state index contributed by atoms with van der Waals surface area (Å²) in [7, 11) is 0. The van der Waals surface area contributed by atoms with Crippen LogP contribution in [-0.4, -0.2) is 42.7 Å². The van der Waals surface area contributed by atoms with Gasteiger partial charge < -0.3 is 21.9 Å². The van der Waals surface area contributed by atoms with E-state index in [1.54, 1.807) is 16.9 Å². The summed E-state index contributed by atoms with van der Waals surface area (Å²) in [6.45, 7) is 1.89. The number of hydrogen-bond acceptors (Lipinski definition) is 7. The Morgan fingerprint density at radius 1 is 1.30 bits per heavy atom. The summed E-state index contributed by atoms with van der Waals surface area (Å²) in [5.74, 6) is -0.0854. The van der Waals surface area contributed by atoms with Crippen molar-refractivity contribution in [3.8, 4) is 11.1 Å². The molecule has 1 aliphatic rings. The minimum Gasteiger partial charge on any atom is -0.391 e. The highest BCUT2D eigenvalue weighted by Gasteiger charge is 2.34. The minimum absolute atomic E-state index is 0.196. The van der Waals surface area contributed by atoms with E-state index in [9.17, 15) is 9.90 Å². The van der Waals surface area contributed by atoms with E-state index in [0.29, 0.717) is 17.1 Å². The van der Waals surface area contributed by atoms with Gasteiger partial charge in [0, 0.05) is 35.8 Å². The molecule has 3 heterocycles. The number of nitrogen functional groups attached to an aromatic ring is 1. The Bertz CT molecular complexity index is 995. The third-order valence-electron chi connectivity index (χ3n) is 4.90. The van der Waals surface area contributed by atoms with Gasteiger partial charge in [-0.15, -0.1) is 0 Å². The summed E-state index contributed by atoms with van der Waals surface area (Å²) in [5.41, 5.74) is 14.2. The third-order valence-corrected chi connectivity index (χ3v) is 4.90. The van der Waals surface area contributed by atoms with Gasteiger partial charge in [-0.25, -0.2) is 14.5 Å². The van der Waals surface area contributed by atoms with Crippen molar-refractivity contribution >= 4 is 23.1 Å². The number of carbonyl (C=O) groups excluding carboxylic acids is 1. The Hall–Kier alpha value is -3.20. The number of nitrogens with one attached hydrogen (secondary N) is 1. The standard InChI is InChI=1S/C18H21N7O2/c1-9(16(26)10-2-3-10)24-15-13(17(19)27)7-23-25-8-11(4-14(15)25)12-5-21-18(20)22-6-12/h4-10,16,24,26H,2-3H2,1H3,(H2,19,27)(H2,20,21,22). The second kappa shape index (κ2) is 6.51. The maximum absolute atomic E-state index is 11.9. The van der Waals surface area contributed by atoms with Crippen LogP contribution in [0.4, 0.5) is 11.6 Å². The molecule has 0 saturated heterocycles. The molecule has 0 spiro atoms. The van der Waals surface area contributed by atoms with Gasteiger partial charge in [0.15, 0.2) is 0 Å². The number of aromatic nitrogens is 4. The summed E-state index contributed by atoms with van der Waals surface area (Å²) in [6.07, 6.45) is 8.04. The van der Waals surface area contributed by atoms with E-state index < -0.39 is 12.0 Å². The topological polar surface area (TPSA) is 144 Å². The zero-order chi connectivity index (χ0) is 19.1. The van der Waals surface area contributed by atoms with Gasteiger partial charge in [-0.05, 0) is 31.7 Å². The van der Waals surface area contributed by atoms with Crippen LogP contribution in [0, 0.1) is 5.92 Å². The van der Waals surface area contributed by atoms with Crippen molar-refractivity contribution in [1.82, 2.24) is 19.6 Å². The summed E-state index contributed by atoms with van der Waals surface area (Å²) < 4.78 is 1.65. The molecular formula is C18H21N7O2. The third kappa shape index (κ3) is 3.28. The fourth-order valence-corrected chi connectivity index (χ4v) is 3.20. The minimum atomic E-state index is -0.584. The molecule has 0 aliphatic heterocycles. The number of rotatable bonds is 6. The van der Waals surface area contributed by atoms with E-state index in [0.717, 1.165) is 24.0 Å². The highest BCUT2D eigenvalue weighted by Crippen LogP contribution is 2.35. The molecule has 1 amide bonds. The molecule has 0 radical (unpaired) electrons. The number of aliphatic hydroxyl groups excluding tert-OH is 1. The Kier molecular flexibility index (Phi) is 4.15. The van der Waals surface area contributed by atoms with Crippen molar-refractivity contribution in [2.45, 2.75) is 31.9 Å². The number of anilines is 2. The number of nitrogens with two attached hydrogens (primary N) is 2. The smallest absolute Gasteiger partial charge is 0.252 e. The number of primary amides is 1. The average molecular weight is 367 g/mol. The van der Waals surface area contributed by atoms with Gasteiger partial charge in [-0.1, -0.05) is 0 Å². The fraction of sp³-hybridized carbons (Fsp3) is 0.333. The van der Waals surface area contributed by atoms with Crippen LogP contribution in [0.5, 0.6) is 0 Å². The van der Waals surface area contributed by atoms with Crippen LogP contribution in [0.1, 0.15) is 30.1 Å². The molecule has 9 nitrogen and oxygen atoms in total. The number of hydrogen-bond donors (Lipinski definition) is 4. The van der Waals surface area contributed by atoms with Crippen molar-refractivity contribution in [3.05, 3.63) is 36.4 Å². The maximum Gasteiger partial charge on any atom is 0.252 e. The largest absolute Gasteiger partial charge is 0.391 e. The highest BCUT2D eigenvalue weighted by molar-refractivity contribution is 6.02. The van der Waals surface area contributed by atoms with Gasteiger partial charge in [-0.2, -0.15) is 5.10 Å². The number of nitrogens with zero attached hydrogens (tertiary/aromatic N) is 4. The second-order valence-electron chi connectivity index (χ2n) is 6.95. The molecule has 3 aromatic heterocycles. The Morgan fingerprint density at radius 2 is 2.00 bits per heavy atom. The van der Waals surface area contributed by atoms with Gasteiger partial charge in [0.1, 0.15) is 0 Å². The Labute approximate surface area is 155 Å². The zero-order valence-electron chi connectivity index (χ0n) is 14.8. The fourth-order valence-electron chi connectivity index (χ4n) is 3.20. The molecule has 0 aromatic carbocycles. The first-order chi connectivity index (χ1) is 12.9. The summed E-state index contributed by atoms with van der Waals surface area (Å²) in [4.78, 5) is 19.9. The molecule has 2 unspecified atom stereocenters. The Morgan fingerprint density at radius 3 is 2.63 bits per heavy atom. The summed E-state index contributed by atoms with van der Waals surface area (Å²) >= 11 is 0. The van der Waals surface area contributed by atoms with E-state index in [4.69, 9.17) is 11.5 Å². The first kappa shape index (κ1) is 17.2. The van der Waals surface area contributed by atoms with Crippen LogP contribution >= 0.6 is 0 Å². The number of amides is 1. The lowest BCUT2D eigenvalue weighted by Crippen LogP contribution is -2.33. The molecule has 6 N–H and O–H groups in total. The molecule has 4 rings (SSSR count). The van der Waals surface area contributed by atoms with Gasteiger partial charge in [0.05, 0.1) is 29.1 Å². The van der Waals surface area contributed by atoms with E-state index in [-0.39, 0.29) is 17.6 Å². The molecule has 9 heteroatoms. The van der Waals surface area contributed by atoms with Gasteiger partial charge >= 0.3 is 0 Å². The SMILES string of the molecule is CC(Nc1c(C(N)=O)cnn2cc(-c3cnc(N)nc3)cc12)C(O)C1CC1. The van der Waals surface area contributed by atoms with Crippen molar-refractivity contribution in [2.75, 3.05) is 11.1 Å². The van der Waals surface area contributed by atoms with Crippen molar-refractivity contribution < 1.29 is 9.90 Å². The quantitative estimate of drug-likeness (QED) is 0.509. The Balaban J connectivity index is 1.77. The molecule has 1 fully saturated rings. The first-order valence-corrected chi connectivity index (χ1v) is 8.77. The lowest BCUT2D eigenvalue weighted by Gasteiger charge is -2.22. The molecule has 0 bridgehead atoms. The first-order valence-electron chi connectivity index (χ1n) is 8.77. The van der Waals surface area contributed by atoms with Crippen molar-refractivity contribution in [2.24, 2.45) is 11.7 Å². The average Bonchev–Trinajstić information content (AvgIpc) is 3.40. The van der Waals surface area contributed by atoms with Crippen LogP contribution in [0.2, 0.25) is 0 Å². The summed E-state index contributed by atoms with van der Waals surface area (Å²) in [6, 6.07) is 1.63. The second-order valence-corrected chi connectivity index (χ2v) is 6.95. The predicted molar refractivity (Wildman–Crippen MR) is 101 cm³/mol. The summed E-state index contributed by atoms with van der Waals surface area (Å²) in [5, 5.41) is 17.9. The van der Waals surface area contributed by atoms with Crippen LogP contribution in [0.15, 0.2) is 30.9 Å². The van der Waals surface area contributed by atoms with Crippen LogP contribution in [0.25, 0.3) is 16.6 Å². The van der Waals surface area contributed by atoms with Gasteiger partial charge in [0.2, 0.25) is 5.95 Å². The number of carbonyl (C=O) groups is 1. The van der Waals surface area contributed by atoms with Crippen LogP contribution in [0.3, 0.4) is 0 Å². The van der Waals surface area contributed by atoms with E-state index in [1.165, 1.54) is 6.20 Å². The molecule has 1 saturated carbocycles. The van der Waals surface area contributed by atoms with E-state index in [2.05, 4.69) is 20.4 Å². The highest BCUT2D eigenvalue weighted by atomic mass is 16.3. The normalized spacial score (nSPS) is 16.2. The van der Waals surface area contributed by atoms with Crippen molar-refractivity contribution in [1.29, 1.82) is 0 Å². The number of fused-ring (bicyclic) bond motifs is 1. The van der Waals surface area contributed by atoms with Gasteiger partial charge in [0.25, 0.3) is 5.91 Å². The maximum atomic E-state index is 11.9. The number of aliphatic hydroxyl groups is 1. The van der Waals surface area contributed by atoms with Crippen LogP contribution < -0.4 is 16.8 Å². The molecule has 2 atom stereocenters. The molecular weight excluding hydrogens is 346 g/mol. The zero-order valence-corrected chi connectivity index (χ0v) is 14.8. The van der Waals surface area contributed by atoms with Crippen LogP contribution in [-0.2, 0) is 0 Å². The molecule has 1 aliphatic carbocycles. The van der Waals surface area contributed by atoms with Gasteiger partial charge in [-0.3, -0.25) is 4.79 Å². The predicted octanol–water partition coefficient (Wildman–Crippen LogP) is 1.04. The van der Waals surface area contributed by atoms with E-state index in [1.807, 2.05) is 19.2 Å². The lowest BCUT2D eigenvalue weighted by atomic mass is 10.1. The van der Waals surface area contributed by atoms with E-state index >= 15 is 0 Å². The van der Waals surface area contributed by atoms with Crippen molar-refractivity contribution in [3.63, 3.8) is 0 Å². The monoisotopic (exact) mass is 367 g/mol. The molecule has 27 heavy (non-hydrogen) atoms. The lowest BCUT2D eigenvalue weighted by molar-refractivity contribution is 0.1000.